The van der Waals surface area contributed by atoms with Crippen molar-refractivity contribution in [2.45, 2.75) is 52.0 Å². The average Bonchev–Trinajstić information content (AvgIpc) is 3.21. The fourth-order valence-electron chi connectivity index (χ4n) is 4.37. The molecule has 1 atom stereocenters. The minimum Gasteiger partial charge on any atom is -0.491 e. The summed E-state index contributed by atoms with van der Waals surface area (Å²) in [6, 6.07) is 17.2. The number of aromatic nitrogens is 2. The van der Waals surface area contributed by atoms with Crippen LogP contribution in [0.15, 0.2) is 60.9 Å². The molecule has 6 nitrogen and oxygen atoms in total. The molecule has 0 saturated carbocycles. The Kier molecular flexibility index (Phi) is 7.81. The van der Waals surface area contributed by atoms with Crippen LogP contribution in [-0.2, 0) is 33.1 Å². The smallest absolute Gasteiger partial charge is 0.122 e. The predicted molar refractivity (Wildman–Crippen MR) is 131 cm³/mol. The van der Waals surface area contributed by atoms with E-state index in [1.807, 2.05) is 31.6 Å². The van der Waals surface area contributed by atoms with E-state index in [1.165, 1.54) is 16.7 Å². The molecule has 0 bridgehead atoms. The minimum absolute atomic E-state index is 0.294. The number of rotatable bonds is 10. The zero-order valence-corrected chi connectivity index (χ0v) is 20.0. The molecule has 2 aromatic carbocycles. The topological polar surface area (TPSA) is 53.8 Å². The van der Waals surface area contributed by atoms with E-state index in [0.717, 1.165) is 44.2 Å². The van der Waals surface area contributed by atoms with Crippen LogP contribution in [0.2, 0.25) is 0 Å². The second-order valence-electron chi connectivity index (χ2n) is 9.32. The summed E-state index contributed by atoms with van der Waals surface area (Å²) < 4.78 is 8.04. The second-order valence-corrected chi connectivity index (χ2v) is 9.32. The third-order valence-electron chi connectivity index (χ3n) is 6.40. The Balaban J connectivity index is 1.29. The molecular weight excluding hydrogens is 412 g/mol. The average molecular weight is 449 g/mol. The van der Waals surface area contributed by atoms with Crippen LogP contribution in [0, 0.1) is 0 Å². The number of ether oxygens (including phenoxy) is 1. The van der Waals surface area contributed by atoms with Gasteiger partial charge in [-0.05, 0) is 49.1 Å². The fourth-order valence-corrected chi connectivity index (χ4v) is 4.37. The third-order valence-corrected chi connectivity index (χ3v) is 6.40. The van der Waals surface area contributed by atoms with E-state index >= 15 is 0 Å². The highest BCUT2D eigenvalue weighted by molar-refractivity contribution is 5.29. The molecule has 6 heteroatoms. The molecule has 0 fully saturated rings. The Morgan fingerprint density at radius 2 is 1.91 bits per heavy atom. The Bertz CT molecular complexity index is 1030. The van der Waals surface area contributed by atoms with Crippen LogP contribution in [0.1, 0.15) is 36.4 Å². The van der Waals surface area contributed by atoms with Crippen LogP contribution in [0.5, 0.6) is 5.75 Å². The molecule has 1 aliphatic heterocycles. The fraction of sp³-hybridized carbons (Fsp3) is 0.444. The number of fused-ring (bicyclic) bond motifs is 1. The molecule has 2 heterocycles. The molecule has 0 radical (unpaired) electrons. The van der Waals surface area contributed by atoms with Crippen LogP contribution >= 0.6 is 0 Å². The maximum absolute atomic E-state index is 10.6. The number of aliphatic hydroxyl groups is 1. The quantitative estimate of drug-likeness (QED) is 0.513. The normalized spacial score (nSPS) is 15.1. The van der Waals surface area contributed by atoms with Gasteiger partial charge >= 0.3 is 0 Å². The first-order valence-corrected chi connectivity index (χ1v) is 11.9. The molecule has 0 saturated heterocycles. The van der Waals surface area contributed by atoms with Crippen molar-refractivity contribution < 1.29 is 9.84 Å². The van der Waals surface area contributed by atoms with Gasteiger partial charge in [0, 0.05) is 51.7 Å². The highest BCUT2D eigenvalue weighted by Crippen LogP contribution is 2.20. The highest BCUT2D eigenvalue weighted by Gasteiger charge is 2.19. The van der Waals surface area contributed by atoms with Crippen molar-refractivity contribution in [3.05, 3.63) is 83.4 Å². The SMILES string of the molecule is CC(C)N(Cc1cccc(OC[C@@H](O)CN2CCc3ccccc3C2)c1)Cc1nccn1C. The van der Waals surface area contributed by atoms with E-state index in [0.29, 0.717) is 19.2 Å². The van der Waals surface area contributed by atoms with Crippen molar-refractivity contribution in [1.29, 1.82) is 0 Å². The lowest BCUT2D eigenvalue weighted by molar-refractivity contribution is 0.0637. The summed E-state index contributed by atoms with van der Waals surface area (Å²) in [7, 11) is 2.03. The molecule has 1 aromatic heterocycles. The molecular formula is C27H36N4O2. The van der Waals surface area contributed by atoms with Gasteiger partial charge in [-0.15, -0.1) is 0 Å². The molecule has 33 heavy (non-hydrogen) atoms. The number of nitrogens with zero attached hydrogens (tertiary/aromatic N) is 4. The molecule has 4 rings (SSSR count). The lowest BCUT2D eigenvalue weighted by Gasteiger charge is -2.30. The van der Waals surface area contributed by atoms with Gasteiger partial charge in [0.05, 0.1) is 6.54 Å². The number of hydrogen-bond donors (Lipinski definition) is 1. The summed E-state index contributed by atoms with van der Waals surface area (Å²) in [6.07, 6.45) is 4.35. The molecule has 0 amide bonds. The zero-order chi connectivity index (χ0) is 23.2. The van der Waals surface area contributed by atoms with Gasteiger partial charge in [-0.25, -0.2) is 4.98 Å². The summed E-state index contributed by atoms with van der Waals surface area (Å²) in [5.41, 5.74) is 3.98. The van der Waals surface area contributed by atoms with Gasteiger partial charge in [0.25, 0.3) is 0 Å². The molecule has 1 aliphatic rings. The van der Waals surface area contributed by atoms with E-state index < -0.39 is 6.10 Å². The second kappa shape index (κ2) is 11.0. The number of β-amino-alcohol motifs (C(OH)–C–C–N with tert-alkyl or cyclic N) is 1. The lowest BCUT2D eigenvalue weighted by atomic mass is 10.00. The standard InChI is InChI=1S/C27H36N4O2/c1-21(2)31(19-27-28-12-14-29(27)3)16-22-7-6-10-26(15-22)33-20-25(32)18-30-13-11-23-8-4-5-9-24(23)17-30/h4-10,12,14-15,21,25,32H,11,13,16-20H2,1-3H3/t25-/m0/s1. The largest absolute Gasteiger partial charge is 0.491 e. The predicted octanol–water partition coefficient (Wildman–Crippen LogP) is 3.63. The van der Waals surface area contributed by atoms with Crippen LogP contribution in [0.4, 0.5) is 0 Å². The summed E-state index contributed by atoms with van der Waals surface area (Å²) in [5.74, 6) is 1.86. The van der Waals surface area contributed by atoms with Gasteiger partial charge in [0.15, 0.2) is 0 Å². The van der Waals surface area contributed by atoms with Crippen molar-refractivity contribution in [3.8, 4) is 5.75 Å². The summed E-state index contributed by atoms with van der Waals surface area (Å²) in [6.45, 7) is 8.81. The van der Waals surface area contributed by atoms with Crippen LogP contribution in [0.25, 0.3) is 0 Å². The van der Waals surface area contributed by atoms with Crippen LogP contribution < -0.4 is 4.74 Å². The van der Waals surface area contributed by atoms with Crippen molar-refractivity contribution in [3.63, 3.8) is 0 Å². The van der Waals surface area contributed by atoms with E-state index in [1.54, 1.807) is 0 Å². The summed E-state index contributed by atoms with van der Waals surface area (Å²) >= 11 is 0. The molecule has 1 N–H and O–H groups in total. The monoisotopic (exact) mass is 448 g/mol. The van der Waals surface area contributed by atoms with Crippen molar-refractivity contribution in [1.82, 2.24) is 19.4 Å². The van der Waals surface area contributed by atoms with Crippen LogP contribution in [-0.4, -0.2) is 56.3 Å². The molecule has 0 aliphatic carbocycles. The zero-order valence-electron chi connectivity index (χ0n) is 20.0. The molecule has 3 aromatic rings. The number of hydrogen-bond acceptors (Lipinski definition) is 5. The Morgan fingerprint density at radius 1 is 1.09 bits per heavy atom. The first-order chi connectivity index (χ1) is 16.0. The highest BCUT2D eigenvalue weighted by atomic mass is 16.5. The van der Waals surface area contributed by atoms with Gasteiger partial charge in [-0.1, -0.05) is 36.4 Å². The van der Waals surface area contributed by atoms with Gasteiger partial charge in [0.1, 0.15) is 24.3 Å². The number of benzene rings is 2. The van der Waals surface area contributed by atoms with E-state index in [2.05, 4.69) is 69.6 Å². The lowest BCUT2D eigenvalue weighted by Crippen LogP contribution is -2.38. The number of aryl methyl sites for hydroxylation is 1. The third kappa shape index (κ3) is 6.44. The van der Waals surface area contributed by atoms with Gasteiger partial charge in [-0.3, -0.25) is 9.80 Å². The van der Waals surface area contributed by atoms with E-state index in [-0.39, 0.29) is 0 Å². The maximum atomic E-state index is 10.6. The first-order valence-electron chi connectivity index (χ1n) is 11.9. The number of imidazole rings is 1. The Labute approximate surface area is 197 Å². The molecule has 0 unspecified atom stereocenters. The van der Waals surface area contributed by atoms with Crippen molar-refractivity contribution in [2.75, 3.05) is 19.7 Å². The van der Waals surface area contributed by atoms with E-state index in [9.17, 15) is 5.11 Å². The first kappa shape index (κ1) is 23.5. The van der Waals surface area contributed by atoms with Crippen molar-refractivity contribution >= 4 is 0 Å². The maximum Gasteiger partial charge on any atom is 0.122 e. The van der Waals surface area contributed by atoms with Gasteiger partial charge in [-0.2, -0.15) is 0 Å². The van der Waals surface area contributed by atoms with Crippen molar-refractivity contribution in [2.24, 2.45) is 7.05 Å². The Hall–Kier alpha value is -2.67. The minimum atomic E-state index is -0.519. The van der Waals surface area contributed by atoms with Gasteiger partial charge in [0.2, 0.25) is 0 Å². The number of aliphatic hydroxyl groups excluding tert-OH is 1. The Morgan fingerprint density at radius 3 is 2.67 bits per heavy atom. The summed E-state index contributed by atoms with van der Waals surface area (Å²) in [4.78, 5) is 9.17. The summed E-state index contributed by atoms with van der Waals surface area (Å²) in [5, 5.41) is 10.6. The van der Waals surface area contributed by atoms with Crippen LogP contribution in [0.3, 0.4) is 0 Å². The molecule has 176 valence electrons. The van der Waals surface area contributed by atoms with E-state index in [4.69, 9.17) is 4.74 Å². The van der Waals surface area contributed by atoms with Gasteiger partial charge < -0.3 is 14.4 Å². The molecule has 0 spiro atoms.